The number of carbonyl (C=O) groups is 1. The van der Waals surface area contributed by atoms with Crippen molar-refractivity contribution in [2.24, 2.45) is 0 Å². The average Bonchev–Trinajstić information content (AvgIpc) is 2.50. The molecule has 0 fully saturated rings. The molecule has 2 rings (SSSR count). The summed E-state index contributed by atoms with van der Waals surface area (Å²) in [6.45, 7) is 1.19. The molecule has 1 aromatic heterocycles. The van der Waals surface area contributed by atoms with Gasteiger partial charge < -0.3 is 19.8 Å². The van der Waals surface area contributed by atoms with Gasteiger partial charge in [-0.05, 0) is 6.07 Å². The summed E-state index contributed by atoms with van der Waals surface area (Å²) in [6.07, 6.45) is 1.36. The van der Waals surface area contributed by atoms with E-state index in [4.69, 9.17) is 4.74 Å². The second-order valence-electron chi connectivity index (χ2n) is 4.55. The van der Waals surface area contributed by atoms with E-state index in [1.54, 1.807) is 7.11 Å². The van der Waals surface area contributed by atoms with Crippen molar-refractivity contribution in [3.05, 3.63) is 36.0 Å². The number of pyridine rings is 1. The van der Waals surface area contributed by atoms with Gasteiger partial charge in [0.05, 0.1) is 24.4 Å². The second-order valence-corrected chi connectivity index (χ2v) is 4.55. The number of methoxy groups -OCH3 is 1. The average molecular weight is 290 g/mol. The normalized spacial score (nSPS) is 10.8. The SMILES string of the molecule is COCCN(CCO)c1c(C(=O)O)cnc2ccccc12. The summed E-state index contributed by atoms with van der Waals surface area (Å²) in [5.74, 6) is -1.04. The van der Waals surface area contributed by atoms with E-state index in [0.717, 1.165) is 10.9 Å². The molecule has 0 saturated carbocycles. The van der Waals surface area contributed by atoms with Crippen LogP contribution in [0.3, 0.4) is 0 Å². The van der Waals surface area contributed by atoms with Gasteiger partial charge in [-0.1, -0.05) is 18.2 Å². The van der Waals surface area contributed by atoms with Crippen LogP contribution in [0.4, 0.5) is 5.69 Å². The third kappa shape index (κ3) is 3.29. The van der Waals surface area contributed by atoms with E-state index < -0.39 is 5.97 Å². The lowest BCUT2D eigenvalue weighted by Crippen LogP contribution is -2.31. The van der Waals surface area contributed by atoms with Crippen molar-refractivity contribution in [3.63, 3.8) is 0 Å². The van der Waals surface area contributed by atoms with Crippen LogP contribution in [0.25, 0.3) is 10.9 Å². The summed E-state index contributed by atoms with van der Waals surface area (Å²) >= 11 is 0. The molecule has 0 atom stereocenters. The molecule has 112 valence electrons. The Labute approximate surface area is 122 Å². The molecule has 0 unspecified atom stereocenters. The summed E-state index contributed by atoms with van der Waals surface area (Å²) in [5, 5.41) is 19.4. The van der Waals surface area contributed by atoms with Crippen molar-refractivity contribution in [1.82, 2.24) is 4.98 Å². The Morgan fingerprint density at radius 2 is 2.10 bits per heavy atom. The Balaban J connectivity index is 2.60. The number of benzene rings is 1. The van der Waals surface area contributed by atoms with Crippen LogP contribution in [0.15, 0.2) is 30.5 Å². The van der Waals surface area contributed by atoms with Gasteiger partial charge in [0.25, 0.3) is 0 Å². The lowest BCUT2D eigenvalue weighted by molar-refractivity contribution is 0.0697. The van der Waals surface area contributed by atoms with Crippen molar-refractivity contribution in [2.75, 3.05) is 38.3 Å². The minimum Gasteiger partial charge on any atom is -0.478 e. The van der Waals surface area contributed by atoms with Crippen molar-refractivity contribution in [2.45, 2.75) is 0 Å². The number of aromatic carboxylic acids is 1. The fraction of sp³-hybridized carbons (Fsp3) is 0.333. The maximum absolute atomic E-state index is 11.5. The maximum atomic E-state index is 11.5. The van der Waals surface area contributed by atoms with Crippen molar-refractivity contribution in [3.8, 4) is 0 Å². The first-order valence-electron chi connectivity index (χ1n) is 6.64. The Bertz CT molecular complexity index is 630. The zero-order valence-electron chi connectivity index (χ0n) is 11.8. The molecular formula is C15H18N2O4. The molecule has 2 N–H and O–H groups in total. The van der Waals surface area contributed by atoms with Crippen molar-refractivity contribution >= 4 is 22.6 Å². The van der Waals surface area contributed by atoms with Gasteiger partial charge in [0.15, 0.2) is 0 Å². The molecule has 0 saturated heterocycles. The highest BCUT2D eigenvalue weighted by Gasteiger charge is 2.19. The lowest BCUT2D eigenvalue weighted by atomic mass is 10.1. The number of anilines is 1. The number of nitrogens with zero attached hydrogens (tertiary/aromatic N) is 2. The van der Waals surface area contributed by atoms with E-state index in [2.05, 4.69) is 4.98 Å². The van der Waals surface area contributed by atoms with E-state index in [1.807, 2.05) is 29.2 Å². The summed E-state index contributed by atoms with van der Waals surface area (Å²) in [4.78, 5) is 17.5. The quantitative estimate of drug-likeness (QED) is 0.801. The van der Waals surface area contributed by atoms with Gasteiger partial charge in [-0.3, -0.25) is 4.98 Å². The highest BCUT2D eigenvalue weighted by Crippen LogP contribution is 2.29. The van der Waals surface area contributed by atoms with Gasteiger partial charge in [-0.25, -0.2) is 4.79 Å². The van der Waals surface area contributed by atoms with Gasteiger partial charge in [0.1, 0.15) is 5.56 Å². The number of para-hydroxylation sites is 1. The second kappa shape index (κ2) is 7.01. The number of ether oxygens (including phenoxy) is 1. The van der Waals surface area contributed by atoms with Crippen LogP contribution in [0.1, 0.15) is 10.4 Å². The molecule has 0 bridgehead atoms. The van der Waals surface area contributed by atoms with Crippen LogP contribution in [-0.2, 0) is 4.74 Å². The van der Waals surface area contributed by atoms with Crippen LogP contribution < -0.4 is 4.90 Å². The first kappa shape index (κ1) is 15.2. The molecule has 0 aliphatic rings. The molecule has 0 amide bonds. The first-order valence-corrected chi connectivity index (χ1v) is 6.64. The zero-order valence-corrected chi connectivity index (χ0v) is 11.8. The van der Waals surface area contributed by atoms with E-state index in [1.165, 1.54) is 6.20 Å². The molecule has 1 heterocycles. The molecular weight excluding hydrogens is 272 g/mol. The summed E-state index contributed by atoms with van der Waals surface area (Å²) in [7, 11) is 1.58. The van der Waals surface area contributed by atoms with Crippen molar-refractivity contribution in [1.29, 1.82) is 0 Å². The van der Waals surface area contributed by atoms with E-state index in [9.17, 15) is 15.0 Å². The van der Waals surface area contributed by atoms with E-state index >= 15 is 0 Å². The third-order valence-electron chi connectivity index (χ3n) is 3.23. The summed E-state index contributed by atoms with van der Waals surface area (Å²) in [5.41, 5.74) is 1.41. The Hall–Kier alpha value is -2.18. The molecule has 6 heteroatoms. The Morgan fingerprint density at radius 3 is 2.76 bits per heavy atom. The van der Waals surface area contributed by atoms with Gasteiger partial charge in [0, 0.05) is 31.8 Å². The Kier molecular flexibility index (Phi) is 5.08. The number of carboxylic acids is 1. The van der Waals surface area contributed by atoms with E-state index in [-0.39, 0.29) is 12.2 Å². The summed E-state index contributed by atoms with van der Waals surface area (Å²) in [6, 6.07) is 7.36. The number of carboxylic acid groups (broad SMARTS) is 1. The fourth-order valence-corrected chi connectivity index (χ4v) is 2.28. The van der Waals surface area contributed by atoms with Crippen LogP contribution in [-0.4, -0.2) is 54.6 Å². The number of hydrogen-bond acceptors (Lipinski definition) is 5. The molecule has 0 aliphatic heterocycles. The Morgan fingerprint density at radius 1 is 1.33 bits per heavy atom. The number of fused-ring (bicyclic) bond motifs is 1. The van der Waals surface area contributed by atoms with E-state index in [0.29, 0.717) is 25.4 Å². The fourth-order valence-electron chi connectivity index (χ4n) is 2.28. The van der Waals surface area contributed by atoms with Crippen molar-refractivity contribution < 1.29 is 19.7 Å². The third-order valence-corrected chi connectivity index (χ3v) is 3.23. The topological polar surface area (TPSA) is 82.9 Å². The predicted molar refractivity (Wildman–Crippen MR) is 79.9 cm³/mol. The number of aliphatic hydroxyl groups is 1. The highest BCUT2D eigenvalue weighted by atomic mass is 16.5. The maximum Gasteiger partial charge on any atom is 0.339 e. The molecule has 1 aromatic carbocycles. The van der Waals surface area contributed by atoms with Crippen LogP contribution in [0, 0.1) is 0 Å². The molecule has 0 aliphatic carbocycles. The highest BCUT2D eigenvalue weighted by molar-refractivity contribution is 6.04. The van der Waals surface area contributed by atoms with Crippen LogP contribution in [0.5, 0.6) is 0 Å². The van der Waals surface area contributed by atoms with Gasteiger partial charge >= 0.3 is 5.97 Å². The minimum absolute atomic E-state index is 0.0700. The van der Waals surface area contributed by atoms with Gasteiger partial charge in [0.2, 0.25) is 0 Å². The molecule has 21 heavy (non-hydrogen) atoms. The zero-order chi connectivity index (χ0) is 15.2. The smallest absolute Gasteiger partial charge is 0.339 e. The minimum atomic E-state index is -1.04. The number of aromatic nitrogens is 1. The monoisotopic (exact) mass is 290 g/mol. The van der Waals surface area contributed by atoms with Crippen LogP contribution in [0.2, 0.25) is 0 Å². The largest absolute Gasteiger partial charge is 0.478 e. The van der Waals surface area contributed by atoms with Gasteiger partial charge in [-0.15, -0.1) is 0 Å². The van der Waals surface area contributed by atoms with Gasteiger partial charge in [-0.2, -0.15) is 0 Å². The number of rotatable bonds is 7. The summed E-state index contributed by atoms with van der Waals surface area (Å²) < 4.78 is 5.07. The standard InChI is InChI=1S/C15H18N2O4/c1-21-9-7-17(6-8-18)14-11-4-2-3-5-13(11)16-10-12(14)15(19)20/h2-5,10,18H,6-9H2,1H3,(H,19,20). The lowest BCUT2D eigenvalue weighted by Gasteiger charge is -2.26. The first-order chi connectivity index (χ1) is 10.2. The molecule has 2 aromatic rings. The number of hydrogen-bond donors (Lipinski definition) is 2. The molecule has 0 spiro atoms. The van der Waals surface area contributed by atoms with Crippen LogP contribution >= 0.6 is 0 Å². The number of aliphatic hydroxyl groups excluding tert-OH is 1. The molecule has 6 nitrogen and oxygen atoms in total. The molecule has 0 radical (unpaired) electrons. The predicted octanol–water partition coefficient (Wildman–Crippen LogP) is 1.38.